The van der Waals surface area contributed by atoms with Crippen LogP contribution in [0.5, 0.6) is 0 Å². The van der Waals surface area contributed by atoms with Gasteiger partial charge in [0.05, 0.1) is 5.41 Å². The van der Waals surface area contributed by atoms with Gasteiger partial charge in [0.25, 0.3) is 6.23 Å². The Balaban J connectivity index is 2.31. The van der Waals surface area contributed by atoms with Crippen LogP contribution in [0.15, 0.2) is 24.3 Å². The summed E-state index contributed by atoms with van der Waals surface area (Å²) in [5.41, 5.74) is 3.76. The standard InChI is InChI=1S/C17H26NO/c1-5-6-7-12-16(19)18-13(2)17(3,4)14-10-8-9-11-15(14)18/h8-11,16,19H,5-7,12H2,1-4H3/q+1. The van der Waals surface area contributed by atoms with Gasteiger partial charge in [-0.15, -0.1) is 0 Å². The molecule has 1 aliphatic heterocycles. The second kappa shape index (κ2) is 5.46. The van der Waals surface area contributed by atoms with Crippen LogP contribution >= 0.6 is 0 Å². The molecule has 1 unspecified atom stereocenters. The predicted molar refractivity (Wildman–Crippen MR) is 80.2 cm³/mol. The Morgan fingerprint density at radius 2 is 1.89 bits per heavy atom. The number of hydrogen-bond donors (Lipinski definition) is 1. The van der Waals surface area contributed by atoms with E-state index in [9.17, 15) is 5.11 Å². The quantitative estimate of drug-likeness (QED) is 0.628. The number of aliphatic hydroxyl groups excluding tert-OH is 1. The first-order chi connectivity index (χ1) is 9.00. The van der Waals surface area contributed by atoms with Crippen molar-refractivity contribution in [3.05, 3.63) is 29.8 Å². The van der Waals surface area contributed by atoms with Crippen LogP contribution < -0.4 is 0 Å². The van der Waals surface area contributed by atoms with Crippen molar-refractivity contribution in [2.24, 2.45) is 0 Å². The van der Waals surface area contributed by atoms with Gasteiger partial charge in [0.2, 0.25) is 5.69 Å². The fraction of sp³-hybridized carbons (Fsp3) is 0.588. The summed E-state index contributed by atoms with van der Waals surface area (Å²) in [6.07, 6.45) is 3.92. The number of benzene rings is 1. The highest BCUT2D eigenvalue weighted by atomic mass is 16.3. The highest BCUT2D eigenvalue weighted by Gasteiger charge is 2.44. The van der Waals surface area contributed by atoms with Gasteiger partial charge in [-0.2, -0.15) is 4.58 Å². The van der Waals surface area contributed by atoms with Gasteiger partial charge in [-0.05, 0) is 20.3 Å². The minimum Gasteiger partial charge on any atom is -0.337 e. The van der Waals surface area contributed by atoms with Gasteiger partial charge in [0.15, 0.2) is 5.71 Å². The van der Waals surface area contributed by atoms with Crippen molar-refractivity contribution >= 4 is 11.4 Å². The van der Waals surface area contributed by atoms with Crippen LogP contribution in [0.3, 0.4) is 0 Å². The zero-order chi connectivity index (χ0) is 14.0. The predicted octanol–water partition coefficient (Wildman–Crippen LogP) is 3.98. The maximum Gasteiger partial charge on any atom is 0.260 e. The molecule has 1 N–H and O–H groups in total. The first-order valence-corrected chi connectivity index (χ1v) is 7.41. The average Bonchev–Trinajstić information content (AvgIpc) is 2.59. The maximum absolute atomic E-state index is 10.5. The molecule has 1 aliphatic rings. The molecule has 0 spiro atoms. The third kappa shape index (κ3) is 2.46. The molecule has 1 aromatic rings. The molecule has 0 saturated carbocycles. The van der Waals surface area contributed by atoms with E-state index in [-0.39, 0.29) is 5.41 Å². The van der Waals surface area contributed by atoms with E-state index in [1.54, 1.807) is 0 Å². The smallest absolute Gasteiger partial charge is 0.260 e. The SMILES string of the molecule is CCCCCC(O)[N+]1=C(C)C(C)(C)c2ccccc21. The highest BCUT2D eigenvalue weighted by molar-refractivity contribution is 5.93. The summed E-state index contributed by atoms with van der Waals surface area (Å²) in [4.78, 5) is 0. The number of aliphatic hydroxyl groups is 1. The molecule has 0 bridgehead atoms. The first kappa shape index (κ1) is 14.3. The second-order valence-corrected chi connectivity index (χ2v) is 6.07. The van der Waals surface area contributed by atoms with E-state index in [2.05, 4.69) is 56.5 Å². The monoisotopic (exact) mass is 260 g/mol. The number of para-hydroxylation sites is 1. The second-order valence-electron chi connectivity index (χ2n) is 6.07. The van der Waals surface area contributed by atoms with Crippen LogP contribution in [0.25, 0.3) is 0 Å². The molecule has 1 heterocycles. The Bertz CT molecular complexity index is 488. The van der Waals surface area contributed by atoms with Crippen LogP contribution in [0.4, 0.5) is 5.69 Å². The molecule has 1 atom stereocenters. The summed E-state index contributed by atoms with van der Waals surface area (Å²) < 4.78 is 2.13. The van der Waals surface area contributed by atoms with Crippen molar-refractivity contribution in [3.63, 3.8) is 0 Å². The van der Waals surface area contributed by atoms with E-state index >= 15 is 0 Å². The van der Waals surface area contributed by atoms with Gasteiger partial charge in [-0.3, -0.25) is 0 Å². The lowest BCUT2D eigenvalue weighted by Gasteiger charge is -2.14. The topological polar surface area (TPSA) is 23.2 Å². The van der Waals surface area contributed by atoms with Crippen molar-refractivity contribution in [1.29, 1.82) is 0 Å². The zero-order valence-electron chi connectivity index (χ0n) is 12.6. The van der Waals surface area contributed by atoms with Gasteiger partial charge < -0.3 is 5.11 Å². The van der Waals surface area contributed by atoms with E-state index in [0.29, 0.717) is 0 Å². The third-order valence-electron chi connectivity index (χ3n) is 4.47. The van der Waals surface area contributed by atoms with Crippen molar-refractivity contribution in [1.82, 2.24) is 0 Å². The van der Waals surface area contributed by atoms with Gasteiger partial charge >= 0.3 is 0 Å². The average molecular weight is 260 g/mol. The minimum absolute atomic E-state index is 0.0162. The summed E-state index contributed by atoms with van der Waals surface area (Å²) in [5.74, 6) is 0. The fourth-order valence-corrected chi connectivity index (χ4v) is 2.98. The van der Waals surface area contributed by atoms with Gasteiger partial charge in [0.1, 0.15) is 0 Å². The van der Waals surface area contributed by atoms with Crippen molar-refractivity contribution in [2.45, 2.75) is 65.0 Å². The lowest BCUT2D eigenvalue weighted by molar-refractivity contribution is -0.537. The normalized spacial score (nSPS) is 18.6. The maximum atomic E-state index is 10.5. The molecule has 0 fully saturated rings. The molecule has 104 valence electrons. The van der Waals surface area contributed by atoms with E-state index in [1.807, 2.05) is 0 Å². The minimum atomic E-state index is -0.394. The summed E-state index contributed by atoms with van der Waals surface area (Å²) in [7, 11) is 0. The molecule has 1 aromatic carbocycles. The number of hydrogen-bond acceptors (Lipinski definition) is 1. The first-order valence-electron chi connectivity index (χ1n) is 7.41. The lowest BCUT2D eigenvalue weighted by atomic mass is 9.82. The van der Waals surface area contributed by atoms with Gasteiger partial charge in [-0.1, -0.05) is 38.0 Å². The molecular weight excluding hydrogens is 234 g/mol. The summed E-state index contributed by atoms with van der Waals surface area (Å²) >= 11 is 0. The Labute approximate surface area is 116 Å². The summed E-state index contributed by atoms with van der Waals surface area (Å²) in [6.45, 7) is 8.81. The molecule has 0 aromatic heterocycles. The zero-order valence-corrected chi connectivity index (χ0v) is 12.6. The van der Waals surface area contributed by atoms with Crippen LogP contribution in [-0.4, -0.2) is 21.6 Å². The molecule has 2 heteroatoms. The Morgan fingerprint density at radius 3 is 2.58 bits per heavy atom. The molecule has 2 nitrogen and oxygen atoms in total. The highest BCUT2D eigenvalue weighted by Crippen LogP contribution is 2.40. The molecule has 0 amide bonds. The largest absolute Gasteiger partial charge is 0.337 e. The molecule has 0 radical (unpaired) electrons. The number of fused-ring (bicyclic) bond motifs is 1. The molecule has 0 aliphatic carbocycles. The number of unbranched alkanes of at least 4 members (excludes halogenated alkanes) is 2. The Hall–Kier alpha value is -1.15. The summed E-state index contributed by atoms with van der Waals surface area (Å²) in [6, 6.07) is 8.44. The fourth-order valence-electron chi connectivity index (χ4n) is 2.98. The van der Waals surface area contributed by atoms with E-state index in [0.717, 1.165) is 12.8 Å². The van der Waals surface area contributed by atoms with Crippen molar-refractivity contribution in [2.75, 3.05) is 0 Å². The van der Waals surface area contributed by atoms with E-state index < -0.39 is 6.23 Å². The number of rotatable bonds is 5. The third-order valence-corrected chi connectivity index (χ3v) is 4.47. The summed E-state index contributed by atoms with van der Waals surface area (Å²) in [5, 5.41) is 10.5. The molecular formula is C17H26NO+. The van der Waals surface area contributed by atoms with Crippen molar-refractivity contribution < 1.29 is 9.68 Å². The van der Waals surface area contributed by atoms with Crippen LogP contribution in [0, 0.1) is 0 Å². The Morgan fingerprint density at radius 1 is 1.21 bits per heavy atom. The number of nitrogens with zero attached hydrogens (tertiary/aromatic N) is 1. The van der Waals surface area contributed by atoms with E-state index in [1.165, 1.54) is 29.8 Å². The molecule has 2 rings (SSSR count). The van der Waals surface area contributed by atoms with Crippen LogP contribution in [-0.2, 0) is 5.41 Å². The Kier molecular flexibility index (Phi) is 4.10. The van der Waals surface area contributed by atoms with E-state index in [4.69, 9.17) is 0 Å². The van der Waals surface area contributed by atoms with Crippen molar-refractivity contribution in [3.8, 4) is 0 Å². The lowest BCUT2D eigenvalue weighted by Crippen LogP contribution is -2.31. The molecule has 0 saturated heterocycles. The van der Waals surface area contributed by atoms with Crippen LogP contribution in [0.1, 0.15) is 58.9 Å². The van der Waals surface area contributed by atoms with Gasteiger partial charge in [0, 0.05) is 25.0 Å². The molecule has 19 heavy (non-hydrogen) atoms. The van der Waals surface area contributed by atoms with Gasteiger partial charge in [-0.25, -0.2) is 0 Å². The van der Waals surface area contributed by atoms with Crippen LogP contribution in [0.2, 0.25) is 0 Å².